The maximum atomic E-state index is 12.9. The number of aryl methyl sites for hydroxylation is 1. The number of ether oxygens (including phenoxy) is 1. The second-order valence-corrected chi connectivity index (χ2v) is 10.1. The summed E-state index contributed by atoms with van der Waals surface area (Å²) in [5, 5.41) is 0.703. The standard InChI is InChI=1S/C21H22N2O4S2/c1-15-9-10-16(29(25,26)23-11-5-2-6-12-23)13-17(15)21(24)27-14-20-22-18-7-3-4-8-19(18)28-20/h3-4,7-10,13H,2,5-6,11-12,14H2,1H3. The van der Waals surface area contributed by atoms with Crippen LogP contribution < -0.4 is 0 Å². The normalized spacial score (nSPS) is 15.5. The van der Waals surface area contributed by atoms with E-state index in [0.29, 0.717) is 23.7 Å². The van der Waals surface area contributed by atoms with Gasteiger partial charge in [-0.25, -0.2) is 18.2 Å². The molecule has 0 N–H and O–H groups in total. The van der Waals surface area contributed by atoms with Gasteiger partial charge in [-0.2, -0.15) is 4.31 Å². The van der Waals surface area contributed by atoms with Crippen molar-refractivity contribution >= 4 is 37.5 Å². The number of piperidine rings is 1. The van der Waals surface area contributed by atoms with Gasteiger partial charge in [-0.15, -0.1) is 11.3 Å². The van der Waals surface area contributed by atoms with Crippen LogP contribution in [0, 0.1) is 6.92 Å². The minimum Gasteiger partial charge on any atom is -0.455 e. The number of hydrogen-bond acceptors (Lipinski definition) is 6. The summed E-state index contributed by atoms with van der Waals surface area (Å²) in [7, 11) is -3.60. The van der Waals surface area contributed by atoms with Crippen LogP contribution >= 0.6 is 11.3 Å². The van der Waals surface area contributed by atoms with Crippen molar-refractivity contribution in [3.63, 3.8) is 0 Å². The molecule has 3 aromatic rings. The molecule has 0 amide bonds. The number of para-hydroxylation sites is 1. The van der Waals surface area contributed by atoms with Gasteiger partial charge in [0.25, 0.3) is 0 Å². The Hall–Kier alpha value is -2.29. The number of fused-ring (bicyclic) bond motifs is 1. The Bertz CT molecular complexity index is 1120. The predicted molar refractivity (Wildman–Crippen MR) is 113 cm³/mol. The molecule has 1 aromatic heterocycles. The van der Waals surface area contributed by atoms with E-state index in [9.17, 15) is 13.2 Å². The highest BCUT2D eigenvalue weighted by atomic mass is 32.2. The van der Waals surface area contributed by atoms with Crippen molar-refractivity contribution in [1.29, 1.82) is 0 Å². The molecule has 29 heavy (non-hydrogen) atoms. The SMILES string of the molecule is Cc1ccc(S(=O)(=O)N2CCCCC2)cc1C(=O)OCc1nc2ccccc2s1. The van der Waals surface area contributed by atoms with Crippen LogP contribution in [0.2, 0.25) is 0 Å². The smallest absolute Gasteiger partial charge is 0.338 e. The van der Waals surface area contributed by atoms with Gasteiger partial charge in [0.2, 0.25) is 10.0 Å². The number of hydrogen-bond donors (Lipinski definition) is 0. The Morgan fingerprint density at radius 3 is 2.66 bits per heavy atom. The number of nitrogens with zero attached hydrogens (tertiary/aromatic N) is 2. The average molecular weight is 431 g/mol. The second-order valence-electron chi connectivity index (χ2n) is 7.09. The Kier molecular flexibility index (Phi) is 5.67. The van der Waals surface area contributed by atoms with Crippen LogP contribution in [-0.4, -0.2) is 36.8 Å². The van der Waals surface area contributed by atoms with Gasteiger partial charge in [0.1, 0.15) is 11.6 Å². The van der Waals surface area contributed by atoms with Crippen LogP contribution in [0.3, 0.4) is 0 Å². The molecule has 0 aliphatic carbocycles. The van der Waals surface area contributed by atoms with E-state index in [2.05, 4.69) is 4.98 Å². The maximum Gasteiger partial charge on any atom is 0.338 e. The predicted octanol–water partition coefficient (Wildman–Crippen LogP) is 4.14. The van der Waals surface area contributed by atoms with E-state index in [4.69, 9.17) is 4.74 Å². The van der Waals surface area contributed by atoms with E-state index < -0.39 is 16.0 Å². The zero-order valence-electron chi connectivity index (χ0n) is 16.1. The Morgan fingerprint density at radius 2 is 1.90 bits per heavy atom. The molecule has 152 valence electrons. The van der Waals surface area contributed by atoms with Crippen molar-refractivity contribution in [2.24, 2.45) is 0 Å². The van der Waals surface area contributed by atoms with Gasteiger partial charge in [-0.3, -0.25) is 0 Å². The number of thiazole rings is 1. The molecule has 0 unspecified atom stereocenters. The summed E-state index contributed by atoms with van der Waals surface area (Å²) in [6.45, 7) is 2.87. The molecule has 2 aromatic carbocycles. The maximum absolute atomic E-state index is 12.9. The van der Waals surface area contributed by atoms with Crippen molar-refractivity contribution in [2.45, 2.75) is 37.7 Å². The molecule has 0 saturated carbocycles. The van der Waals surface area contributed by atoms with Crippen molar-refractivity contribution < 1.29 is 17.9 Å². The minimum atomic E-state index is -3.60. The lowest BCUT2D eigenvalue weighted by atomic mass is 10.1. The summed E-state index contributed by atoms with van der Waals surface area (Å²) in [6, 6.07) is 12.4. The fourth-order valence-electron chi connectivity index (χ4n) is 3.42. The van der Waals surface area contributed by atoms with Crippen LogP contribution in [0.25, 0.3) is 10.2 Å². The van der Waals surface area contributed by atoms with Crippen LogP contribution in [0.5, 0.6) is 0 Å². The third-order valence-electron chi connectivity index (χ3n) is 5.05. The lowest BCUT2D eigenvalue weighted by Gasteiger charge is -2.26. The summed E-state index contributed by atoms with van der Waals surface area (Å²) in [5.74, 6) is -0.544. The van der Waals surface area contributed by atoms with Gasteiger partial charge in [0.15, 0.2) is 0 Å². The topological polar surface area (TPSA) is 76.6 Å². The van der Waals surface area contributed by atoms with Gasteiger partial charge < -0.3 is 4.74 Å². The van der Waals surface area contributed by atoms with Crippen LogP contribution in [0.15, 0.2) is 47.4 Å². The number of rotatable bonds is 5. The molecule has 1 saturated heterocycles. The van der Waals surface area contributed by atoms with Crippen molar-refractivity contribution in [1.82, 2.24) is 9.29 Å². The minimum absolute atomic E-state index is 0.0563. The number of carbonyl (C=O) groups is 1. The van der Waals surface area contributed by atoms with Crippen LogP contribution in [-0.2, 0) is 21.4 Å². The zero-order valence-corrected chi connectivity index (χ0v) is 17.8. The number of aromatic nitrogens is 1. The Labute approximate surface area is 174 Å². The van der Waals surface area contributed by atoms with E-state index >= 15 is 0 Å². The highest BCUT2D eigenvalue weighted by molar-refractivity contribution is 7.89. The first-order chi connectivity index (χ1) is 13.9. The number of carbonyl (C=O) groups excluding carboxylic acids is 1. The zero-order chi connectivity index (χ0) is 20.4. The lowest BCUT2D eigenvalue weighted by molar-refractivity contribution is 0.0471. The molecule has 1 fully saturated rings. The molecule has 1 aliphatic heterocycles. The fraction of sp³-hybridized carbons (Fsp3) is 0.333. The van der Waals surface area contributed by atoms with E-state index in [1.807, 2.05) is 24.3 Å². The molecule has 6 nitrogen and oxygen atoms in total. The number of esters is 1. The molecule has 2 heterocycles. The molecular weight excluding hydrogens is 408 g/mol. The van der Waals surface area contributed by atoms with Gasteiger partial charge in [-0.05, 0) is 49.6 Å². The van der Waals surface area contributed by atoms with E-state index in [1.54, 1.807) is 19.1 Å². The van der Waals surface area contributed by atoms with Gasteiger partial charge in [0.05, 0.1) is 20.7 Å². The molecule has 0 radical (unpaired) electrons. The highest BCUT2D eigenvalue weighted by Crippen LogP contribution is 2.25. The molecule has 0 bridgehead atoms. The Morgan fingerprint density at radius 1 is 1.14 bits per heavy atom. The van der Waals surface area contributed by atoms with Gasteiger partial charge in [-0.1, -0.05) is 24.6 Å². The van der Waals surface area contributed by atoms with Crippen molar-refractivity contribution in [3.8, 4) is 0 Å². The van der Waals surface area contributed by atoms with E-state index in [-0.39, 0.29) is 17.1 Å². The molecular formula is C21H22N2O4S2. The molecule has 1 aliphatic rings. The highest BCUT2D eigenvalue weighted by Gasteiger charge is 2.27. The Balaban J connectivity index is 1.52. The molecule has 0 atom stereocenters. The lowest BCUT2D eigenvalue weighted by Crippen LogP contribution is -2.35. The largest absolute Gasteiger partial charge is 0.455 e. The average Bonchev–Trinajstić information content (AvgIpc) is 3.16. The number of sulfonamides is 1. The quantitative estimate of drug-likeness (QED) is 0.569. The summed E-state index contributed by atoms with van der Waals surface area (Å²) < 4.78 is 33.8. The third-order valence-corrected chi connectivity index (χ3v) is 7.95. The van der Waals surface area contributed by atoms with Crippen molar-refractivity contribution in [2.75, 3.05) is 13.1 Å². The molecule has 0 spiro atoms. The first kappa shape index (κ1) is 20.0. The summed E-state index contributed by atoms with van der Waals surface area (Å²) in [6.07, 6.45) is 2.77. The fourth-order valence-corrected chi connectivity index (χ4v) is 5.85. The van der Waals surface area contributed by atoms with Crippen LogP contribution in [0.4, 0.5) is 0 Å². The van der Waals surface area contributed by atoms with E-state index in [0.717, 1.165) is 29.5 Å². The first-order valence-corrected chi connectivity index (χ1v) is 11.8. The third kappa shape index (κ3) is 4.19. The van der Waals surface area contributed by atoms with E-state index in [1.165, 1.54) is 21.7 Å². The van der Waals surface area contributed by atoms with Crippen molar-refractivity contribution in [3.05, 3.63) is 58.6 Å². The summed E-state index contributed by atoms with van der Waals surface area (Å²) in [5.41, 5.74) is 1.82. The first-order valence-electron chi connectivity index (χ1n) is 9.57. The molecule has 8 heteroatoms. The van der Waals surface area contributed by atoms with Crippen LogP contribution in [0.1, 0.15) is 40.2 Å². The molecule has 4 rings (SSSR count). The second kappa shape index (κ2) is 8.22. The van der Waals surface area contributed by atoms with Gasteiger partial charge >= 0.3 is 5.97 Å². The van der Waals surface area contributed by atoms with Gasteiger partial charge in [0, 0.05) is 13.1 Å². The monoisotopic (exact) mass is 430 g/mol. The summed E-state index contributed by atoms with van der Waals surface area (Å²) in [4.78, 5) is 17.2. The summed E-state index contributed by atoms with van der Waals surface area (Å²) >= 11 is 1.47. The number of benzene rings is 2.